The van der Waals surface area contributed by atoms with Gasteiger partial charge in [0.15, 0.2) is 0 Å². The van der Waals surface area contributed by atoms with Crippen LogP contribution in [0.1, 0.15) is 32.3 Å². The molecule has 2 rings (SSSR count). The molecule has 2 aromatic carbocycles. The quantitative estimate of drug-likeness (QED) is 0.433. The Morgan fingerprint density at radius 3 is 2.35 bits per heavy atom. The van der Waals surface area contributed by atoms with E-state index < -0.39 is 16.1 Å². The van der Waals surface area contributed by atoms with Crippen molar-refractivity contribution in [3.05, 3.63) is 58.6 Å². The van der Waals surface area contributed by atoms with E-state index in [4.69, 9.17) is 4.74 Å². The maximum Gasteiger partial charge on any atom is 0.242 e. The highest BCUT2D eigenvalue weighted by Gasteiger charge is 2.26. The molecule has 2 aromatic rings. The molecule has 0 saturated carbocycles. The summed E-state index contributed by atoms with van der Waals surface area (Å²) in [5.41, 5.74) is 1.32. The number of sulfonamides is 1. The standard InChI is InChI=1S/C24H32BrN3O5S/c1-5-33-22-10-7-6-9-21(22)28(34(4,31)32)16-8-11-23(29)27(18(2)24(30)26-3)17-19-12-14-20(25)15-13-19/h6-7,9-10,12-15,18H,5,8,11,16-17H2,1-4H3,(H,26,30)/t18-/m0/s1. The van der Waals surface area contributed by atoms with Gasteiger partial charge in [-0.2, -0.15) is 0 Å². The number of nitrogens with zero attached hydrogens (tertiary/aromatic N) is 2. The summed E-state index contributed by atoms with van der Waals surface area (Å²) in [4.78, 5) is 27.0. The number of nitrogens with one attached hydrogen (secondary N) is 1. The van der Waals surface area contributed by atoms with Crippen molar-refractivity contribution in [1.82, 2.24) is 10.2 Å². The Morgan fingerprint density at radius 2 is 1.76 bits per heavy atom. The Kier molecular flexibility index (Phi) is 10.4. The van der Waals surface area contributed by atoms with E-state index >= 15 is 0 Å². The first kappa shape index (κ1) is 27.7. The second-order valence-corrected chi connectivity index (χ2v) is 10.6. The van der Waals surface area contributed by atoms with Crippen LogP contribution < -0.4 is 14.4 Å². The molecule has 0 unspecified atom stereocenters. The molecule has 0 heterocycles. The molecule has 0 aliphatic carbocycles. The van der Waals surface area contributed by atoms with Crippen molar-refractivity contribution in [1.29, 1.82) is 0 Å². The zero-order valence-electron chi connectivity index (χ0n) is 20.0. The fourth-order valence-electron chi connectivity index (χ4n) is 3.50. The molecule has 0 aliphatic rings. The van der Waals surface area contributed by atoms with Crippen molar-refractivity contribution >= 4 is 43.5 Å². The number of rotatable bonds is 12. The van der Waals surface area contributed by atoms with Crippen LogP contribution in [0.3, 0.4) is 0 Å². The van der Waals surface area contributed by atoms with Crippen LogP contribution >= 0.6 is 15.9 Å². The zero-order valence-corrected chi connectivity index (χ0v) is 22.4. The Labute approximate surface area is 210 Å². The van der Waals surface area contributed by atoms with Crippen molar-refractivity contribution in [3.8, 4) is 5.75 Å². The van der Waals surface area contributed by atoms with Crippen LogP contribution in [0.15, 0.2) is 53.0 Å². The van der Waals surface area contributed by atoms with Gasteiger partial charge in [-0.1, -0.05) is 40.2 Å². The number of ether oxygens (including phenoxy) is 1. The third-order valence-corrected chi connectivity index (χ3v) is 6.97. The molecule has 0 radical (unpaired) electrons. The van der Waals surface area contributed by atoms with Crippen molar-refractivity contribution < 1.29 is 22.7 Å². The van der Waals surface area contributed by atoms with Gasteiger partial charge in [-0.3, -0.25) is 13.9 Å². The molecule has 2 amide bonds. The van der Waals surface area contributed by atoms with Gasteiger partial charge in [0.05, 0.1) is 18.6 Å². The van der Waals surface area contributed by atoms with Gasteiger partial charge >= 0.3 is 0 Å². The molecule has 0 saturated heterocycles. The van der Waals surface area contributed by atoms with E-state index in [1.54, 1.807) is 31.2 Å². The van der Waals surface area contributed by atoms with Gasteiger partial charge in [-0.15, -0.1) is 0 Å². The number of carbonyl (C=O) groups excluding carboxylic acids is 2. The van der Waals surface area contributed by atoms with Gasteiger partial charge < -0.3 is 15.0 Å². The van der Waals surface area contributed by atoms with Gasteiger partial charge in [0.1, 0.15) is 11.8 Å². The lowest BCUT2D eigenvalue weighted by molar-refractivity contribution is -0.140. The second kappa shape index (κ2) is 12.8. The summed E-state index contributed by atoms with van der Waals surface area (Å²) in [6, 6.07) is 13.8. The molecule has 0 bridgehead atoms. The molecule has 0 spiro atoms. The highest BCUT2D eigenvalue weighted by Crippen LogP contribution is 2.30. The fourth-order valence-corrected chi connectivity index (χ4v) is 4.73. The lowest BCUT2D eigenvalue weighted by atomic mass is 10.1. The lowest BCUT2D eigenvalue weighted by Gasteiger charge is -2.29. The number of benzene rings is 2. The summed E-state index contributed by atoms with van der Waals surface area (Å²) in [7, 11) is -2.07. The average molecular weight is 555 g/mol. The van der Waals surface area contributed by atoms with Gasteiger partial charge in [0, 0.05) is 31.0 Å². The van der Waals surface area contributed by atoms with Gasteiger partial charge in [0.2, 0.25) is 21.8 Å². The molecule has 1 atom stereocenters. The fraction of sp³-hybridized carbons (Fsp3) is 0.417. The number of para-hydroxylation sites is 2. The summed E-state index contributed by atoms with van der Waals surface area (Å²) in [5, 5.41) is 2.59. The minimum Gasteiger partial charge on any atom is -0.492 e. The molecular formula is C24H32BrN3O5S. The summed E-state index contributed by atoms with van der Waals surface area (Å²) in [6.45, 7) is 4.28. The van der Waals surface area contributed by atoms with Crippen LogP contribution in [0.5, 0.6) is 5.75 Å². The Bertz CT molecular complexity index is 1080. The predicted octanol–water partition coefficient (Wildman–Crippen LogP) is 3.56. The summed E-state index contributed by atoms with van der Waals surface area (Å²) in [5.74, 6) is -0.0358. The smallest absolute Gasteiger partial charge is 0.242 e. The highest BCUT2D eigenvalue weighted by molar-refractivity contribution is 9.10. The summed E-state index contributed by atoms with van der Waals surface area (Å²) in [6.07, 6.45) is 1.50. The van der Waals surface area contributed by atoms with E-state index in [0.717, 1.165) is 16.3 Å². The van der Waals surface area contributed by atoms with Gasteiger partial charge in [-0.25, -0.2) is 8.42 Å². The van der Waals surface area contributed by atoms with Crippen molar-refractivity contribution in [3.63, 3.8) is 0 Å². The topological polar surface area (TPSA) is 96.0 Å². The highest BCUT2D eigenvalue weighted by atomic mass is 79.9. The maximum atomic E-state index is 13.2. The Balaban J connectivity index is 2.17. The summed E-state index contributed by atoms with van der Waals surface area (Å²) < 4.78 is 32.8. The first-order chi connectivity index (χ1) is 16.1. The minimum atomic E-state index is -3.60. The van der Waals surface area contributed by atoms with E-state index in [9.17, 15) is 18.0 Å². The van der Waals surface area contributed by atoms with Crippen LogP contribution in [-0.4, -0.2) is 57.6 Å². The van der Waals surface area contributed by atoms with E-state index in [1.165, 1.54) is 16.3 Å². The van der Waals surface area contributed by atoms with Crippen molar-refractivity contribution in [2.75, 3.05) is 30.8 Å². The second-order valence-electron chi connectivity index (χ2n) is 7.78. The molecule has 186 valence electrons. The number of amides is 2. The third kappa shape index (κ3) is 7.73. The lowest BCUT2D eigenvalue weighted by Crippen LogP contribution is -2.46. The van der Waals surface area contributed by atoms with Crippen molar-refractivity contribution in [2.24, 2.45) is 0 Å². The third-order valence-electron chi connectivity index (χ3n) is 5.27. The maximum absolute atomic E-state index is 13.2. The molecule has 8 nitrogen and oxygen atoms in total. The van der Waals surface area contributed by atoms with Crippen LogP contribution in [-0.2, 0) is 26.2 Å². The monoisotopic (exact) mass is 553 g/mol. The van der Waals surface area contributed by atoms with E-state index in [-0.39, 0.29) is 37.7 Å². The molecule has 0 aliphatic heterocycles. The number of hydrogen-bond acceptors (Lipinski definition) is 5. The minimum absolute atomic E-state index is 0.0840. The molecule has 0 fully saturated rings. The van der Waals surface area contributed by atoms with E-state index in [2.05, 4.69) is 21.2 Å². The zero-order chi connectivity index (χ0) is 25.3. The molecular weight excluding hydrogens is 522 g/mol. The predicted molar refractivity (Wildman–Crippen MR) is 137 cm³/mol. The van der Waals surface area contributed by atoms with Crippen LogP contribution in [0.4, 0.5) is 5.69 Å². The van der Waals surface area contributed by atoms with Crippen LogP contribution in [0.25, 0.3) is 0 Å². The molecule has 10 heteroatoms. The van der Waals surface area contributed by atoms with Gasteiger partial charge in [0.25, 0.3) is 0 Å². The molecule has 34 heavy (non-hydrogen) atoms. The van der Waals surface area contributed by atoms with Crippen LogP contribution in [0.2, 0.25) is 0 Å². The number of halogens is 1. The van der Waals surface area contributed by atoms with Gasteiger partial charge in [-0.05, 0) is 50.1 Å². The van der Waals surface area contributed by atoms with E-state index in [0.29, 0.717) is 18.0 Å². The molecule has 1 N–H and O–H groups in total. The number of anilines is 1. The summed E-state index contributed by atoms with van der Waals surface area (Å²) >= 11 is 3.39. The van der Waals surface area contributed by atoms with E-state index in [1.807, 2.05) is 31.2 Å². The number of likely N-dealkylation sites (N-methyl/N-ethyl adjacent to an activating group) is 1. The van der Waals surface area contributed by atoms with Crippen molar-refractivity contribution in [2.45, 2.75) is 39.3 Å². The first-order valence-electron chi connectivity index (χ1n) is 11.0. The SMILES string of the molecule is CCOc1ccccc1N(CCCC(=O)N(Cc1ccc(Br)cc1)[C@@H](C)C(=O)NC)S(C)(=O)=O. The Hall–Kier alpha value is -2.59. The van der Waals surface area contributed by atoms with Crippen LogP contribution in [0, 0.1) is 0 Å². The normalized spacial score (nSPS) is 12.0. The first-order valence-corrected chi connectivity index (χ1v) is 13.7. The molecule has 0 aromatic heterocycles. The largest absolute Gasteiger partial charge is 0.492 e. The number of hydrogen-bond donors (Lipinski definition) is 1. The number of carbonyl (C=O) groups is 2. The average Bonchev–Trinajstić information content (AvgIpc) is 2.80. The Morgan fingerprint density at radius 1 is 1.12 bits per heavy atom.